The number of carbonyl (C=O) groups is 3. The second kappa shape index (κ2) is 9.97. The number of hydrogen-bond acceptors (Lipinski definition) is 5. The quantitative estimate of drug-likeness (QED) is 0.464. The number of ether oxygens (including phenoxy) is 1. The van der Waals surface area contributed by atoms with E-state index in [1.54, 1.807) is 11.0 Å². The standard InChI is InChI=1S/C27H31N3O4/c31-25-11-12-26(32)30(25)23-8-5-21-18-29(19-22(21)17-23)27(33)20-6-9-24(10-7-20)34-16-4-15-28-13-2-1-3-14-28/h5-10,17H,1-4,11-16,18-19H2. The monoisotopic (exact) mass is 461 g/mol. The van der Waals surface area contributed by atoms with Crippen molar-refractivity contribution in [2.24, 2.45) is 0 Å². The Kier molecular flexibility index (Phi) is 6.63. The van der Waals surface area contributed by atoms with Crippen LogP contribution in [0.2, 0.25) is 0 Å². The summed E-state index contributed by atoms with van der Waals surface area (Å²) in [6.07, 6.45) is 5.48. The van der Waals surface area contributed by atoms with Gasteiger partial charge in [-0.15, -0.1) is 0 Å². The fraction of sp³-hybridized carbons (Fsp3) is 0.444. The van der Waals surface area contributed by atoms with Crippen LogP contribution in [0.15, 0.2) is 42.5 Å². The van der Waals surface area contributed by atoms with E-state index in [0.717, 1.165) is 29.8 Å². The molecule has 0 atom stereocenters. The third-order valence-corrected chi connectivity index (χ3v) is 6.95. The number of imide groups is 1. The molecule has 2 aromatic rings. The number of likely N-dealkylation sites (tertiary alicyclic amines) is 1. The van der Waals surface area contributed by atoms with Crippen molar-refractivity contribution in [1.29, 1.82) is 0 Å². The minimum atomic E-state index is -0.162. The van der Waals surface area contributed by atoms with E-state index in [9.17, 15) is 14.4 Å². The molecule has 7 heteroatoms. The second-order valence-corrected chi connectivity index (χ2v) is 9.37. The Hall–Kier alpha value is -3.19. The van der Waals surface area contributed by atoms with Crippen LogP contribution >= 0.6 is 0 Å². The van der Waals surface area contributed by atoms with Gasteiger partial charge < -0.3 is 14.5 Å². The Labute approximate surface area is 200 Å². The Bertz CT molecular complexity index is 1060. The molecule has 3 amide bonds. The number of fused-ring (bicyclic) bond motifs is 1. The normalized spacial score (nSPS) is 18.5. The van der Waals surface area contributed by atoms with Crippen LogP contribution in [0.4, 0.5) is 5.69 Å². The first-order chi connectivity index (χ1) is 16.6. The number of rotatable bonds is 7. The zero-order valence-corrected chi connectivity index (χ0v) is 19.5. The molecule has 0 saturated carbocycles. The van der Waals surface area contributed by atoms with Crippen molar-refractivity contribution in [1.82, 2.24) is 9.80 Å². The highest BCUT2D eigenvalue weighted by Crippen LogP contribution is 2.31. The van der Waals surface area contributed by atoms with Crippen LogP contribution < -0.4 is 9.64 Å². The van der Waals surface area contributed by atoms with Gasteiger partial charge in [0, 0.05) is 38.0 Å². The first-order valence-corrected chi connectivity index (χ1v) is 12.3. The summed E-state index contributed by atoms with van der Waals surface area (Å²) in [5.74, 6) is 0.418. The SMILES string of the molecule is O=C(c1ccc(OCCCN2CCCCC2)cc1)N1Cc2ccc(N3C(=O)CCC3=O)cc2C1. The van der Waals surface area contributed by atoms with Crippen molar-refractivity contribution in [3.63, 3.8) is 0 Å². The topological polar surface area (TPSA) is 70.2 Å². The summed E-state index contributed by atoms with van der Waals surface area (Å²) in [4.78, 5) is 42.7. The lowest BCUT2D eigenvalue weighted by atomic mass is 10.1. The Morgan fingerprint density at radius 3 is 2.29 bits per heavy atom. The van der Waals surface area contributed by atoms with Gasteiger partial charge in [0.25, 0.3) is 5.91 Å². The van der Waals surface area contributed by atoms with E-state index in [2.05, 4.69) is 4.90 Å². The van der Waals surface area contributed by atoms with Crippen LogP contribution in [0.3, 0.4) is 0 Å². The van der Waals surface area contributed by atoms with Gasteiger partial charge in [0.15, 0.2) is 0 Å². The molecule has 0 radical (unpaired) electrons. The zero-order valence-electron chi connectivity index (χ0n) is 19.5. The smallest absolute Gasteiger partial charge is 0.254 e. The molecule has 34 heavy (non-hydrogen) atoms. The molecule has 0 spiro atoms. The fourth-order valence-corrected chi connectivity index (χ4v) is 5.07. The summed E-state index contributed by atoms with van der Waals surface area (Å²) in [6, 6.07) is 12.9. The van der Waals surface area contributed by atoms with Gasteiger partial charge in [0.05, 0.1) is 12.3 Å². The molecule has 7 nitrogen and oxygen atoms in total. The molecule has 3 heterocycles. The molecule has 0 N–H and O–H groups in total. The van der Waals surface area contributed by atoms with Crippen LogP contribution in [-0.4, -0.2) is 53.8 Å². The average Bonchev–Trinajstić information content (AvgIpc) is 3.44. The highest BCUT2D eigenvalue weighted by atomic mass is 16.5. The molecule has 5 rings (SSSR count). The zero-order chi connectivity index (χ0) is 23.5. The molecule has 2 saturated heterocycles. The lowest BCUT2D eigenvalue weighted by Gasteiger charge is -2.26. The van der Waals surface area contributed by atoms with Gasteiger partial charge in [0.1, 0.15) is 5.75 Å². The Balaban J connectivity index is 1.14. The lowest BCUT2D eigenvalue weighted by Crippen LogP contribution is -2.31. The predicted octanol–water partition coefficient (Wildman–Crippen LogP) is 3.75. The Morgan fingerprint density at radius 2 is 1.56 bits per heavy atom. The van der Waals surface area contributed by atoms with Gasteiger partial charge in [0.2, 0.25) is 11.8 Å². The van der Waals surface area contributed by atoms with Crippen molar-refractivity contribution in [2.75, 3.05) is 31.1 Å². The van der Waals surface area contributed by atoms with Crippen molar-refractivity contribution >= 4 is 23.4 Å². The number of piperidine rings is 1. The number of hydrogen-bond donors (Lipinski definition) is 0. The maximum absolute atomic E-state index is 13.1. The second-order valence-electron chi connectivity index (χ2n) is 9.37. The molecular weight excluding hydrogens is 430 g/mol. The van der Waals surface area contributed by atoms with E-state index in [1.807, 2.05) is 36.4 Å². The van der Waals surface area contributed by atoms with Crippen LogP contribution in [0.5, 0.6) is 5.75 Å². The summed E-state index contributed by atoms with van der Waals surface area (Å²) in [6.45, 7) is 5.14. The van der Waals surface area contributed by atoms with Gasteiger partial charge in [-0.25, -0.2) is 0 Å². The molecule has 2 aromatic carbocycles. The van der Waals surface area contributed by atoms with Crippen molar-refractivity contribution in [2.45, 2.75) is 51.6 Å². The van der Waals surface area contributed by atoms with Crippen LogP contribution in [0, 0.1) is 0 Å². The van der Waals surface area contributed by atoms with Crippen molar-refractivity contribution in [3.8, 4) is 5.75 Å². The van der Waals surface area contributed by atoms with Crippen LogP contribution in [0.1, 0.15) is 60.0 Å². The van der Waals surface area contributed by atoms with Gasteiger partial charge in [-0.2, -0.15) is 0 Å². The summed E-state index contributed by atoms with van der Waals surface area (Å²) in [5.41, 5.74) is 3.25. The summed E-state index contributed by atoms with van der Waals surface area (Å²) in [7, 11) is 0. The van der Waals surface area contributed by atoms with E-state index in [4.69, 9.17) is 4.74 Å². The molecule has 0 aliphatic carbocycles. The highest BCUT2D eigenvalue weighted by Gasteiger charge is 2.32. The molecular formula is C27H31N3O4. The molecule has 178 valence electrons. The summed E-state index contributed by atoms with van der Waals surface area (Å²) >= 11 is 0. The van der Waals surface area contributed by atoms with Gasteiger partial charge >= 0.3 is 0 Å². The highest BCUT2D eigenvalue weighted by molar-refractivity contribution is 6.19. The lowest BCUT2D eigenvalue weighted by molar-refractivity contribution is -0.121. The van der Waals surface area contributed by atoms with Gasteiger partial charge in [-0.3, -0.25) is 19.3 Å². The van der Waals surface area contributed by atoms with E-state index >= 15 is 0 Å². The van der Waals surface area contributed by atoms with E-state index in [1.165, 1.54) is 37.3 Å². The number of anilines is 1. The maximum Gasteiger partial charge on any atom is 0.254 e. The van der Waals surface area contributed by atoms with Crippen LogP contribution in [0.25, 0.3) is 0 Å². The third-order valence-electron chi connectivity index (χ3n) is 6.95. The fourth-order valence-electron chi connectivity index (χ4n) is 5.07. The molecule has 3 aliphatic rings. The summed E-state index contributed by atoms with van der Waals surface area (Å²) in [5, 5.41) is 0. The first-order valence-electron chi connectivity index (χ1n) is 12.3. The van der Waals surface area contributed by atoms with Gasteiger partial charge in [-0.1, -0.05) is 12.5 Å². The summed E-state index contributed by atoms with van der Waals surface area (Å²) < 4.78 is 5.88. The first kappa shape index (κ1) is 22.6. The van der Waals surface area contributed by atoms with Crippen molar-refractivity contribution < 1.29 is 19.1 Å². The molecule has 0 unspecified atom stereocenters. The molecule has 2 fully saturated rings. The van der Waals surface area contributed by atoms with Crippen LogP contribution in [-0.2, 0) is 22.7 Å². The predicted molar refractivity (Wildman–Crippen MR) is 129 cm³/mol. The maximum atomic E-state index is 13.1. The Morgan fingerprint density at radius 1 is 0.853 bits per heavy atom. The van der Waals surface area contributed by atoms with E-state index in [-0.39, 0.29) is 30.6 Å². The number of benzene rings is 2. The van der Waals surface area contributed by atoms with Gasteiger partial charge in [-0.05, 0) is 79.9 Å². The third kappa shape index (κ3) is 4.85. The largest absolute Gasteiger partial charge is 0.494 e. The average molecular weight is 462 g/mol. The molecule has 0 bridgehead atoms. The molecule has 3 aliphatic heterocycles. The van der Waals surface area contributed by atoms with E-state index in [0.29, 0.717) is 30.9 Å². The minimum Gasteiger partial charge on any atom is -0.494 e. The number of nitrogens with zero attached hydrogens (tertiary/aromatic N) is 3. The molecule has 0 aromatic heterocycles. The minimum absolute atomic E-state index is 0.0391. The van der Waals surface area contributed by atoms with E-state index < -0.39 is 0 Å². The number of amides is 3. The van der Waals surface area contributed by atoms with Crippen molar-refractivity contribution in [3.05, 3.63) is 59.2 Å². The number of carbonyl (C=O) groups excluding carboxylic acids is 3.